The number of aryl methyl sites for hydroxylation is 1. The molecule has 0 fully saturated rings. The summed E-state index contributed by atoms with van der Waals surface area (Å²) in [5.74, 6) is -0.392. The second kappa shape index (κ2) is 13.0. The predicted octanol–water partition coefficient (Wildman–Crippen LogP) is 7.33. The second-order valence-electron chi connectivity index (χ2n) is 12.6. The highest BCUT2D eigenvalue weighted by Gasteiger charge is 2.42. The number of pyridine rings is 1. The Bertz CT molecular complexity index is 1220. The summed E-state index contributed by atoms with van der Waals surface area (Å²) in [5, 5.41) is 10.1. The normalized spacial score (nSPS) is 14.0. The minimum absolute atomic E-state index is 0.0996. The molecule has 0 bridgehead atoms. The molecule has 9 nitrogen and oxygen atoms in total. The van der Waals surface area contributed by atoms with Crippen LogP contribution < -0.4 is 10.6 Å². The van der Waals surface area contributed by atoms with Crippen molar-refractivity contribution in [3.63, 3.8) is 0 Å². The third-order valence-electron chi connectivity index (χ3n) is 5.89. The van der Waals surface area contributed by atoms with Crippen LogP contribution in [0.5, 0.6) is 0 Å². The van der Waals surface area contributed by atoms with Gasteiger partial charge in [-0.05, 0) is 66.6 Å². The summed E-state index contributed by atoms with van der Waals surface area (Å²) < 4.78 is 11.7. The van der Waals surface area contributed by atoms with E-state index >= 15 is 0 Å². The summed E-state index contributed by atoms with van der Waals surface area (Å²) in [7, 11) is -1.18. The van der Waals surface area contributed by atoms with E-state index in [-0.39, 0.29) is 17.4 Å². The Morgan fingerprint density at radius 2 is 1.70 bits per heavy atom. The van der Waals surface area contributed by atoms with E-state index < -0.39 is 35.5 Å². The van der Waals surface area contributed by atoms with E-state index in [1.54, 1.807) is 32.9 Å². The zero-order chi connectivity index (χ0) is 30.7. The van der Waals surface area contributed by atoms with Crippen LogP contribution in [0.3, 0.4) is 0 Å². The molecule has 0 aliphatic rings. The van der Waals surface area contributed by atoms with Crippen LogP contribution in [0, 0.1) is 13.8 Å². The number of alkyl halides is 2. The molecular weight excluding hydrogens is 593 g/mol. The third kappa shape index (κ3) is 10.5. The standard InChI is InChI=1S/C27H42Cl3N5O4Si/c1-17-21(18(2)35(34-17)16-38-13-14-40(8,9)10)19-11-12-20(31-22(19)28)32-23(36)26(6,15-27(7,29)30)33-24(37)39-25(3,4)5/h11-12H,13-16H2,1-10H3,(H,33,37)(H,31,32,36)/t26-/m0/s1. The van der Waals surface area contributed by atoms with Crippen molar-refractivity contribution in [3.8, 4) is 11.1 Å². The minimum Gasteiger partial charge on any atom is -0.444 e. The Balaban J connectivity index is 2.24. The molecule has 2 aromatic heterocycles. The zero-order valence-corrected chi connectivity index (χ0v) is 28.4. The number of anilines is 1. The van der Waals surface area contributed by atoms with Crippen LogP contribution in [-0.4, -0.2) is 56.9 Å². The van der Waals surface area contributed by atoms with Crippen molar-refractivity contribution in [2.24, 2.45) is 0 Å². The molecule has 0 radical (unpaired) electrons. The number of halogens is 3. The molecule has 2 aromatic rings. The highest BCUT2D eigenvalue weighted by atomic mass is 35.5. The number of nitrogens with one attached hydrogen (secondary N) is 2. The first kappa shape index (κ1) is 34.3. The van der Waals surface area contributed by atoms with E-state index in [4.69, 9.17) is 44.3 Å². The first-order chi connectivity index (χ1) is 18.1. The largest absolute Gasteiger partial charge is 0.444 e. The monoisotopic (exact) mass is 633 g/mol. The number of hydrogen-bond acceptors (Lipinski definition) is 6. The molecule has 1 atom stereocenters. The van der Waals surface area contributed by atoms with Crippen molar-refractivity contribution in [2.45, 2.75) is 103 Å². The summed E-state index contributed by atoms with van der Waals surface area (Å²) in [6.07, 6.45) is -0.881. The third-order valence-corrected chi connectivity index (χ3v) is 8.15. The van der Waals surface area contributed by atoms with E-state index in [9.17, 15) is 9.59 Å². The Hall–Kier alpha value is -1.85. The van der Waals surface area contributed by atoms with Crippen LogP contribution in [0.2, 0.25) is 30.8 Å². The zero-order valence-electron chi connectivity index (χ0n) is 25.1. The number of alkyl carbamates (subject to hydrolysis) is 1. The van der Waals surface area contributed by atoms with Gasteiger partial charge in [-0.15, -0.1) is 23.2 Å². The predicted molar refractivity (Wildman–Crippen MR) is 165 cm³/mol. The SMILES string of the molecule is Cc1nn(COCC[Si](C)(C)C)c(C)c1-c1ccc(NC(=O)[C@](C)(CC(C)(Cl)Cl)NC(=O)OC(C)(C)C)nc1Cl. The maximum absolute atomic E-state index is 13.4. The van der Waals surface area contributed by atoms with Crippen LogP contribution in [0.1, 0.15) is 52.4 Å². The highest BCUT2D eigenvalue weighted by Crippen LogP contribution is 2.34. The lowest BCUT2D eigenvalue weighted by Crippen LogP contribution is -2.57. The van der Waals surface area contributed by atoms with Crippen molar-refractivity contribution in [1.82, 2.24) is 20.1 Å². The minimum atomic E-state index is -1.52. The first-order valence-electron chi connectivity index (χ1n) is 13.1. The van der Waals surface area contributed by atoms with E-state index in [0.717, 1.165) is 23.0 Å². The molecule has 2 amide bonds. The number of aromatic nitrogens is 3. The Morgan fingerprint density at radius 1 is 1.07 bits per heavy atom. The molecule has 2 rings (SSSR count). The molecule has 2 heterocycles. The highest BCUT2D eigenvalue weighted by molar-refractivity contribution is 6.76. The molecular formula is C27H42Cl3N5O4Si. The van der Waals surface area contributed by atoms with Crippen LogP contribution in [-0.2, 0) is 21.0 Å². The first-order valence-corrected chi connectivity index (χ1v) is 17.9. The van der Waals surface area contributed by atoms with Gasteiger partial charge in [0.25, 0.3) is 5.91 Å². The quantitative estimate of drug-likeness (QED) is 0.116. The summed E-state index contributed by atoms with van der Waals surface area (Å²) in [5.41, 5.74) is 0.916. The van der Waals surface area contributed by atoms with Gasteiger partial charge in [0.15, 0.2) is 0 Å². The fraction of sp³-hybridized carbons (Fsp3) is 0.630. The van der Waals surface area contributed by atoms with Crippen LogP contribution in [0.15, 0.2) is 12.1 Å². The summed E-state index contributed by atoms with van der Waals surface area (Å²) in [6.45, 7) is 20.0. The van der Waals surface area contributed by atoms with E-state index in [2.05, 4.69) is 40.4 Å². The summed E-state index contributed by atoms with van der Waals surface area (Å²) in [4.78, 5) is 30.3. The lowest BCUT2D eigenvalue weighted by atomic mass is 9.94. The molecule has 0 saturated heterocycles. The van der Waals surface area contributed by atoms with E-state index in [0.29, 0.717) is 18.9 Å². The van der Waals surface area contributed by atoms with Gasteiger partial charge in [-0.2, -0.15) is 5.10 Å². The molecule has 0 unspecified atom stereocenters. The molecule has 2 N–H and O–H groups in total. The van der Waals surface area contributed by atoms with Crippen molar-refractivity contribution in [2.75, 3.05) is 11.9 Å². The number of carbonyl (C=O) groups excluding carboxylic acids is 2. The van der Waals surface area contributed by atoms with Gasteiger partial charge < -0.3 is 20.1 Å². The number of ether oxygens (including phenoxy) is 2. The molecule has 0 spiro atoms. The smallest absolute Gasteiger partial charge is 0.408 e. The topological polar surface area (TPSA) is 107 Å². The molecule has 13 heteroatoms. The average Bonchev–Trinajstić information content (AvgIpc) is 3.01. The van der Waals surface area contributed by atoms with Gasteiger partial charge in [-0.25, -0.2) is 14.5 Å². The van der Waals surface area contributed by atoms with Crippen molar-refractivity contribution in [1.29, 1.82) is 0 Å². The van der Waals surface area contributed by atoms with E-state index in [1.165, 1.54) is 13.8 Å². The number of rotatable bonds is 11. The number of nitrogens with zero attached hydrogens (tertiary/aromatic N) is 3. The van der Waals surface area contributed by atoms with Crippen molar-refractivity contribution < 1.29 is 19.1 Å². The van der Waals surface area contributed by atoms with Crippen LogP contribution in [0.4, 0.5) is 10.6 Å². The Labute approximate surface area is 253 Å². The molecule has 40 heavy (non-hydrogen) atoms. The summed E-state index contributed by atoms with van der Waals surface area (Å²) in [6, 6.07) is 4.47. The van der Waals surface area contributed by atoms with Gasteiger partial charge in [-0.3, -0.25) is 4.79 Å². The van der Waals surface area contributed by atoms with Gasteiger partial charge in [0.2, 0.25) is 0 Å². The van der Waals surface area contributed by atoms with E-state index in [1.807, 2.05) is 18.5 Å². The van der Waals surface area contributed by atoms with Crippen LogP contribution in [0.25, 0.3) is 11.1 Å². The molecule has 224 valence electrons. The second-order valence-corrected chi connectivity index (χ2v) is 20.4. The summed E-state index contributed by atoms with van der Waals surface area (Å²) >= 11 is 19.1. The fourth-order valence-corrected chi connectivity index (χ4v) is 5.56. The van der Waals surface area contributed by atoms with Gasteiger partial charge in [-0.1, -0.05) is 31.2 Å². The number of carbonyl (C=O) groups is 2. The Morgan fingerprint density at radius 3 is 2.23 bits per heavy atom. The molecule has 0 aromatic carbocycles. The van der Waals surface area contributed by atoms with Crippen molar-refractivity contribution in [3.05, 3.63) is 28.7 Å². The lowest BCUT2D eigenvalue weighted by molar-refractivity contribution is -0.122. The average molecular weight is 635 g/mol. The lowest BCUT2D eigenvalue weighted by Gasteiger charge is -2.33. The van der Waals surface area contributed by atoms with Gasteiger partial charge in [0, 0.05) is 37.9 Å². The van der Waals surface area contributed by atoms with Crippen molar-refractivity contribution >= 4 is 60.7 Å². The fourth-order valence-electron chi connectivity index (χ4n) is 4.02. The number of hydrogen-bond donors (Lipinski definition) is 2. The van der Waals surface area contributed by atoms with Gasteiger partial charge in [0.1, 0.15) is 33.2 Å². The van der Waals surface area contributed by atoms with Gasteiger partial charge >= 0.3 is 6.09 Å². The van der Waals surface area contributed by atoms with Crippen LogP contribution >= 0.6 is 34.8 Å². The maximum atomic E-state index is 13.4. The van der Waals surface area contributed by atoms with Gasteiger partial charge in [0.05, 0.1) is 5.69 Å². The maximum Gasteiger partial charge on any atom is 0.408 e. The Kier molecular flexibility index (Phi) is 11.1. The number of amides is 2. The molecule has 0 aliphatic heterocycles. The molecule has 0 aliphatic carbocycles. The molecule has 0 saturated carbocycles.